The highest BCUT2D eigenvalue weighted by Gasteiger charge is 2.12. The smallest absolute Gasteiger partial charge is 0.180 e. The van der Waals surface area contributed by atoms with Gasteiger partial charge in [0.25, 0.3) is 0 Å². The van der Waals surface area contributed by atoms with Gasteiger partial charge in [0.1, 0.15) is 0 Å². The Morgan fingerprint density at radius 1 is 1.27 bits per heavy atom. The van der Waals surface area contributed by atoms with E-state index in [-0.39, 0.29) is 0 Å². The van der Waals surface area contributed by atoms with E-state index >= 15 is 0 Å². The van der Waals surface area contributed by atoms with Gasteiger partial charge in [-0.1, -0.05) is 11.6 Å². The zero-order chi connectivity index (χ0) is 10.8. The largest absolute Gasteiger partial charge is 0.493 e. The molecule has 1 heterocycles. The summed E-state index contributed by atoms with van der Waals surface area (Å²) in [5.74, 6) is 1.17. The van der Waals surface area contributed by atoms with Gasteiger partial charge in [-0.25, -0.2) is 0 Å². The lowest BCUT2D eigenvalue weighted by molar-refractivity contribution is 0.356. The lowest BCUT2D eigenvalue weighted by Gasteiger charge is -2.11. The summed E-state index contributed by atoms with van der Waals surface area (Å²) in [5.41, 5.74) is 0. The van der Waals surface area contributed by atoms with Crippen molar-refractivity contribution in [2.75, 3.05) is 14.2 Å². The number of rotatable bonds is 2. The molecule has 0 aliphatic heterocycles. The van der Waals surface area contributed by atoms with Crippen molar-refractivity contribution in [2.45, 2.75) is 0 Å². The van der Waals surface area contributed by atoms with Gasteiger partial charge in [0.2, 0.25) is 0 Å². The van der Waals surface area contributed by atoms with Crippen molar-refractivity contribution < 1.29 is 9.47 Å². The fourth-order valence-corrected chi connectivity index (χ4v) is 1.82. The number of fused-ring (bicyclic) bond motifs is 1. The fraction of sp³-hybridized carbons (Fsp3) is 0.182. The van der Waals surface area contributed by atoms with Gasteiger partial charge in [0.15, 0.2) is 11.5 Å². The minimum atomic E-state index is 0.528. The first kappa shape index (κ1) is 10.1. The summed E-state index contributed by atoms with van der Waals surface area (Å²) in [7, 11) is 3.15. The third-order valence-corrected chi connectivity index (χ3v) is 2.60. The molecule has 4 heteroatoms. The van der Waals surface area contributed by atoms with Gasteiger partial charge >= 0.3 is 0 Å². The Bertz CT molecular complexity index is 499. The average molecular weight is 224 g/mol. The van der Waals surface area contributed by atoms with Crippen molar-refractivity contribution in [2.24, 2.45) is 0 Å². The predicted octanol–water partition coefficient (Wildman–Crippen LogP) is 2.91. The fourth-order valence-electron chi connectivity index (χ4n) is 1.49. The zero-order valence-electron chi connectivity index (χ0n) is 8.45. The first-order chi connectivity index (χ1) is 7.27. The van der Waals surface area contributed by atoms with Crippen LogP contribution in [0, 0.1) is 0 Å². The minimum absolute atomic E-state index is 0.528. The van der Waals surface area contributed by atoms with Gasteiger partial charge in [-0.05, 0) is 17.5 Å². The van der Waals surface area contributed by atoms with Gasteiger partial charge in [-0.2, -0.15) is 0 Å². The molecule has 0 atom stereocenters. The van der Waals surface area contributed by atoms with Crippen LogP contribution < -0.4 is 9.47 Å². The molecule has 1 aromatic carbocycles. The van der Waals surface area contributed by atoms with E-state index in [1.807, 2.05) is 12.1 Å². The molecule has 78 valence electrons. The Labute approximate surface area is 92.6 Å². The maximum Gasteiger partial charge on any atom is 0.180 e. The van der Waals surface area contributed by atoms with Crippen LogP contribution in [0.3, 0.4) is 0 Å². The van der Waals surface area contributed by atoms with E-state index in [1.54, 1.807) is 26.6 Å². The van der Waals surface area contributed by atoms with Crippen molar-refractivity contribution in [3.8, 4) is 11.5 Å². The van der Waals surface area contributed by atoms with E-state index in [1.165, 1.54) is 0 Å². The first-order valence-electron chi connectivity index (χ1n) is 4.42. The van der Waals surface area contributed by atoms with E-state index in [4.69, 9.17) is 21.1 Å². The molecule has 0 bridgehead atoms. The van der Waals surface area contributed by atoms with Crippen LogP contribution in [0.5, 0.6) is 11.5 Å². The van der Waals surface area contributed by atoms with Crippen LogP contribution in [-0.4, -0.2) is 19.2 Å². The molecular formula is C11H10ClNO2. The highest BCUT2D eigenvalue weighted by atomic mass is 35.5. The molecule has 0 unspecified atom stereocenters. The number of hydrogen-bond acceptors (Lipinski definition) is 3. The van der Waals surface area contributed by atoms with Crippen molar-refractivity contribution in [1.82, 2.24) is 4.98 Å². The van der Waals surface area contributed by atoms with Crippen molar-refractivity contribution in [3.05, 3.63) is 29.5 Å². The Morgan fingerprint density at radius 3 is 2.73 bits per heavy atom. The van der Waals surface area contributed by atoms with Crippen LogP contribution >= 0.6 is 11.6 Å². The number of benzene rings is 1. The van der Waals surface area contributed by atoms with Crippen LogP contribution in [0.2, 0.25) is 5.02 Å². The van der Waals surface area contributed by atoms with Crippen LogP contribution in [0.15, 0.2) is 24.5 Å². The summed E-state index contributed by atoms with van der Waals surface area (Å²) in [4.78, 5) is 4.02. The van der Waals surface area contributed by atoms with E-state index in [2.05, 4.69) is 4.98 Å². The van der Waals surface area contributed by atoms with Crippen LogP contribution in [-0.2, 0) is 0 Å². The highest BCUT2D eigenvalue weighted by molar-refractivity contribution is 6.37. The van der Waals surface area contributed by atoms with E-state index in [0.29, 0.717) is 16.5 Å². The molecule has 15 heavy (non-hydrogen) atoms. The van der Waals surface area contributed by atoms with Crippen LogP contribution in [0.25, 0.3) is 10.8 Å². The van der Waals surface area contributed by atoms with Gasteiger partial charge in [0, 0.05) is 17.8 Å². The van der Waals surface area contributed by atoms with Crippen molar-refractivity contribution in [1.29, 1.82) is 0 Å². The molecular weight excluding hydrogens is 214 g/mol. The third-order valence-electron chi connectivity index (χ3n) is 2.23. The standard InChI is InChI=1S/C11H10ClNO2/c1-14-9-5-7-3-4-13-6-8(7)10(12)11(9)15-2/h3-6H,1-2H3. The summed E-state index contributed by atoms with van der Waals surface area (Å²) >= 11 is 6.18. The maximum atomic E-state index is 6.18. The Balaban J connectivity index is 2.81. The first-order valence-corrected chi connectivity index (χ1v) is 4.80. The van der Waals surface area contributed by atoms with Crippen molar-refractivity contribution in [3.63, 3.8) is 0 Å². The summed E-state index contributed by atoms with van der Waals surface area (Å²) < 4.78 is 10.4. The maximum absolute atomic E-state index is 6.18. The molecule has 3 nitrogen and oxygen atoms in total. The second kappa shape index (κ2) is 3.95. The molecule has 0 aliphatic carbocycles. The number of methoxy groups -OCH3 is 2. The molecule has 0 N–H and O–H groups in total. The summed E-state index contributed by atoms with van der Waals surface area (Å²) in [5, 5.41) is 2.37. The second-order valence-electron chi connectivity index (χ2n) is 3.02. The number of pyridine rings is 1. The zero-order valence-corrected chi connectivity index (χ0v) is 9.21. The molecule has 0 spiro atoms. The van der Waals surface area contributed by atoms with Gasteiger partial charge in [-0.3, -0.25) is 4.98 Å². The predicted molar refractivity (Wildman–Crippen MR) is 59.9 cm³/mol. The summed E-state index contributed by atoms with van der Waals surface area (Å²) in [6.45, 7) is 0. The molecule has 0 saturated heterocycles. The molecule has 2 aromatic rings. The average Bonchev–Trinajstić information content (AvgIpc) is 2.29. The lowest BCUT2D eigenvalue weighted by Crippen LogP contribution is -1.92. The van der Waals surface area contributed by atoms with Crippen molar-refractivity contribution >= 4 is 22.4 Å². The molecule has 0 fully saturated rings. The lowest BCUT2D eigenvalue weighted by atomic mass is 10.1. The molecule has 0 amide bonds. The van der Waals surface area contributed by atoms with Gasteiger partial charge in [0.05, 0.1) is 19.2 Å². The number of aromatic nitrogens is 1. The van der Waals surface area contributed by atoms with Crippen LogP contribution in [0.4, 0.5) is 0 Å². The van der Waals surface area contributed by atoms with E-state index in [9.17, 15) is 0 Å². The molecule has 0 radical (unpaired) electrons. The van der Waals surface area contributed by atoms with E-state index < -0.39 is 0 Å². The third kappa shape index (κ3) is 1.59. The minimum Gasteiger partial charge on any atom is -0.493 e. The quantitative estimate of drug-likeness (QED) is 0.785. The molecule has 1 aromatic heterocycles. The Morgan fingerprint density at radius 2 is 2.07 bits per heavy atom. The van der Waals surface area contributed by atoms with E-state index in [0.717, 1.165) is 10.8 Å². The molecule has 2 rings (SSSR count). The Kier molecular flexibility index (Phi) is 2.64. The van der Waals surface area contributed by atoms with Gasteiger partial charge in [-0.15, -0.1) is 0 Å². The Hall–Kier alpha value is -1.48. The summed E-state index contributed by atoms with van der Waals surface area (Å²) in [6.07, 6.45) is 3.42. The normalized spacial score (nSPS) is 10.3. The SMILES string of the molecule is COc1cc2ccncc2c(Cl)c1OC. The molecule has 0 saturated carbocycles. The number of hydrogen-bond donors (Lipinski definition) is 0. The second-order valence-corrected chi connectivity index (χ2v) is 3.40. The highest BCUT2D eigenvalue weighted by Crippen LogP contribution is 2.40. The monoisotopic (exact) mass is 223 g/mol. The number of halogens is 1. The van der Waals surface area contributed by atoms with Crippen LogP contribution in [0.1, 0.15) is 0 Å². The molecule has 0 aliphatic rings. The number of nitrogens with zero attached hydrogens (tertiary/aromatic N) is 1. The number of ether oxygens (including phenoxy) is 2. The topological polar surface area (TPSA) is 31.4 Å². The van der Waals surface area contributed by atoms with Gasteiger partial charge < -0.3 is 9.47 Å². The summed E-state index contributed by atoms with van der Waals surface area (Å²) in [6, 6.07) is 3.75.